The van der Waals surface area contributed by atoms with Gasteiger partial charge in [-0.25, -0.2) is 0 Å². The number of carbonyl (C=O) groups is 1. The lowest BCUT2D eigenvalue weighted by atomic mass is 10.0. The van der Waals surface area contributed by atoms with Crippen LogP contribution in [0.3, 0.4) is 0 Å². The van der Waals surface area contributed by atoms with E-state index in [1.54, 1.807) is 0 Å². The van der Waals surface area contributed by atoms with Gasteiger partial charge in [0.25, 0.3) is 5.91 Å². The number of nitrogens with zero attached hydrogens (tertiary/aromatic N) is 3. The molecule has 0 fully saturated rings. The molecule has 3 aromatic rings. The van der Waals surface area contributed by atoms with E-state index >= 15 is 0 Å². The first-order valence-electron chi connectivity index (χ1n) is 7.91. The molecule has 0 radical (unpaired) electrons. The van der Waals surface area contributed by atoms with Gasteiger partial charge in [-0.3, -0.25) is 9.20 Å². The second kappa shape index (κ2) is 7.12. The highest BCUT2D eigenvalue weighted by molar-refractivity contribution is 5.77. The fraction of sp³-hybridized carbons (Fsp3) is 0.278. The van der Waals surface area contributed by atoms with Crippen LogP contribution in [0.5, 0.6) is 5.75 Å². The summed E-state index contributed by atoms with van der Waals surface area (Å²) in [4.78, 5) is 12.0. The predicted octanol–water partition coefficient (Wildman–Crippen LogP) is 2.55. The van der Waals surface area contributed by atoms with Crippen molar-refractivity contribution in [3.05, 3.63) is 60.0 Å². The summed E-state index contributed by atoms with van der Waals surface area (Å²) in [6, 6.07) is 13.5. The highest BCUT2D eigenvalue weighted by atomic mass is 16.5. The normalized spacial score (nSPS) is 11.0. The van der Waals surface area contributed by atoms with Crippen molar-refractivity contribution in [3.63, 3.8) is 0 Å². The number of fused-ring (bicyclic) bond motifs is 1. The summed E-state index contributed by atoms with van der Waals surface area (Å²) in [7, 11) is 0. The van der Waals surface area contributed by atoms with E-state index in [1.165, 1.54) is 5.56 Å². The van der Waals surface area contributed by atoms with Gasteiger partial charge >= 0.3 is 0 Å². The minimum absolute atomic E-state index is 0.0295. The van der Waals surface area contributed by atoms with E-state index in [1.807, 2.05) is 53.1 Å². The zero-order valence-electron chi connectivity index (χ0n) is 13.8. The van der Waals surface area contributed by atoms with Gasteiger partial charge in [-0.05, 0) is 35.7 Å². The lowest BCUT2D eigenvalue weighted by Gasteiger charge is -2.10. The number of benzene rings is 1. The number of amides is 1. The molecule has 6 nitrogen and oxygen atoms in total. The highest BCUT2D eigenvalue weighted by Gasteiger charge is 2.08. The van der Waals surface area contributed by atoms with Crippen LogP contribution in [0.25, 0.3) is 5.65 Å². The molecule has 0 saturated heterocycles. The molecule has 0 aliphatic heterocycles. The minimum Gasteiger partial charge on any atom is -0.484 e. The number of pyridine rings is 1. The van der Waals surface area contributed by atoms with Crippen LogP contribution >= 0.6 is 0 Å². The lowest BCUT2D eigenvalue weighted by Crippen LogP contribution is -2.29. The fourth-order valence-electron chi connectivity index (χ4n) is 2.35. The van der Waals surface area contributed by atoms with Crippen LogP contribution in [-0.2, 0) is 11.3 Å². The van der Waals surface area contributed by atoms with Crippen LogP contribution in [0.1, 0.15) is 31.2 Å². The Morgan fingerprint density at radius 2 is 2.08 bits per heavy atom. The number of rotatable bonds is 6. The van der Waals surface area contributed by atoms with Crippen LogP contribution in [-0.4, -0.2) is 27.1 Å². The van der Waals surface area contributed by atoms with Crippen LogP contribution in [0.4, 0.5) is 0 Å². The Morgan fingerprint density at radius 3 is 2.92 bits per heavy atom. The van der Waals surface area contributed by atoms with Gasteiger partial charge in [-0.2, -0.15) is 0 Å². The van der Waals surface area contributed by atoms with Crippen molar-refractivity contribution in [2.75, 3.05) is 6.61 Å². The average Bonchev–Trinajstić information content (AvgIpc) is 3.01. The third-order valence-corrected chi connectivity index (χ3v) is 3.72. The molecule has 124 valence electrons. The van der Waals surface area contributed by atoms with Crippen molar-refractivity contribution in [2.24, 2.45) is 0 Å². The van der Waals surface area contributed by atoms with E-state index in [0.29, 0.717) is 24.0 Å². The molecule has 1 aromatic carbocycles. The van der Waals surface area contributed by atoms with E-state index in [2.05, 4.69) is 29.4 Å². The summed E-state index contributed by atoms with van der Waals surface area (Å²) in [6.07, 6.45) is 1.87. The van der Waals surface area contributed by atoms with Crippen molar-refractivity contribution in [1.29, 1.82) is 0 Å². The lowest BCUT2D eigenvalue weighted by molar-refractivity contribution is -0.123. The summed E-state index contributed by atoms with van der Waals surface area (Å²) in [5.74, 6) is 1.60. The molecule has 3 rings (SSSR count). The van der Waals surface area contributed by atoms with Gasteiger partial charge in [0.1, 0.15) is 5.75 Å². The average molecular weight is 324 g/mol. The second-order valence-electron chi connectivity index (χ2n) is 5.84. The van der Waals surface area contributed by atoms with Gasteiger partial charge in [-0.1, -0.05) is 32.0 Å². The highest BCUT2D eigenvalue weighted by Crippen LogP contribution is 2.19. The SMILES string of the molecule is CC(C)c1cccc(OCC(=O)NCc2nnc3ccccn23)c1. The van der Waals surface area contributed by atoms with Crippen LogP contribution < -0.4 is 10.1 Å². The maximum atomic E-state index is 12.0. The summed E-state index contributed by atoms with van der Waals surface area (Å²) in [6.45, 7) is 4.51. The standard InChI is InChI=1S/C18H20N4O2/c1-13(2)14-6-5-7-15(10-14)24-12-18(23)19-11-17-21-20-16-8-3-4-9-22(16)17/h3-10,13H,11-12H2,1-2H3,(H,19,23). The topological polar surface area (TPSA) is 68.5 Å². The monoisotopic (exact) mass is 324 g/mol. The number of carbonyl (C=O) groups excluding carboxylic acids is 1. The molecule has 1 amide bonds. The minimum atomic E-state index is -0.197. The number of hydrogen-bond donors (Lipinski definition) is 1. The van der Waals surface area contributed by atoms with Crippen LogP contribution in [0.2, 0.25) is 0 Å². The summed E-state index contributed by atoms with van der Waals surface area (Å²) >= 11 is 0. The fourth-order valence-corrected chi connectivity index (χ4v) is 2.35. The smallest absolute Gasteiger partial charge is 0.258 e. The maximum absolute atomic E-state index is 12.0. The first-order valence-corrected chi connectivity index (χ1v) is 7.91. The molecule has 6 heteroatoms. The first-order chi connectivity index (χ1) is 11.6. The number of aromatic nitrogens is 3. The number of hydrogen-bond acceptors (Lipinski definition) is 4. The second-order valence-corrected chi connectivity index (χ2v) is 5.84. The van der Waals surface area contributed by atoms with Gasteiger partial charge in [0.15, 0.2) is 18.1 Å². The van der Waals surface area contributed by atoms with Gasteiger partial charge in [0.05, 0.1) is 6.54 Å². The Bertz CT molecular complexity index is 842. The van der Waals surface area contributed by atoms with Crippen molar-refractivity contribution in [1.82, 2.24) is 19.9 Å². The maximum Gasteiger partial charge on any atom is 0.258 e. The molecule has 1 N–H and O–H groups in total. The summed E-state index contributed by atoms with van der Waals surface area (Å²) < 4.78 is 7.40. The Morgan fingerprint density at radius 1 is 1.21 bits per heavy atom. The molecule has 0 saturated carbocycles. The third-order valence-electron chi connectivity index (χ3n) is 3.72. The molecule has 0 bridgehead atoms. The van der Waals surface area contributed by atoms with Crippen LogP contribution in [0.15, 0.2) is 48.7 Å². The van der Waals surface area contributed by atoms with Gasteiger partial charge < -0.3 is 10.1 Å². The van der Waals surface area contributed by atoms with Gasteiger partial charge in [0.2, 0.25) is 0 Å². The predicted molar refractivity (Wildman–Crippen MR) is 90.9 cm³/mol. The largest absolute Gasteiger partial charge is 0.484 e. The van der Waals surface area contributed by atoms with E-state index < -0.39 is 0 Å². The van der Waals surface area contributed by atoms with Crippen molar-refractivity contribution in [2.45, 2.75) is 26.3 Å². The zero-order chi connectivity index (χ0) is 16.9. The molecule has 0 atom stereocenters. The molecule has 0 aliphatic carbocycles. The Balaban J connectivity index is 1.54. The Kier molecular flexibility index (Phi) is 4.74. The van der Waals surface area contributed by atoms with E-state index in [0.717, 1.165) is 5.65 Å². The molecule has 2 heterocycles. The summed E-state index contributed by atoms with van der Waals surface area (Å²) in [5.41, 5.74) is 1.94. The van der Waals surface area contributed by atoms with Gasteiger partial charge in [0, 0.05) is 6.20 Å². The molecule has 2 aromatic heterocycles. The van der Waals surface area contributed by atoms with E-state index in [9.17, 15) is 4.79 Å². The summed E-state index contributed by atoms with van der Waals surface area (Å²) in [5, 5.41) is 10.9. The zero-order valence-corrected chi connectivity index (χ0v) is 13.8. The number of nitrogens with one attached hydrogen (secondary N) is 1. The van der Waals surface area contributed by atoms with Crippen molar-refractivity contribution >= 4 is 11.6 Å². The van der Waals surface area contributed by atoms with E-state index in [4.69, 9.17) is 4.74 Å². The first kappa shape index (κ1) is 16.0. The third kappa shape index (κ3) is 3.71. The molecule has 24 heavy (non-hydrogen) atoms. The quantitative estimate of drug-likeness (QED) is 0.756. The molecule has 0 unspecified atom stereocenters. The molecular weight excluding hydrogens is 304 g/mol. The van der Waals surface area contributed by atoms with E-state index in [-0.39, 0.29) is 12.5 Å². The Labute approximate surface area is 140 Å². The number of ether oxygens (including phenoxy) is 1. The molecule has 0 spiro atoms. The molecule has 0 aliphatic rings. The van der Waals surface area contributed by atoms with Crippen LogP contribution in [0, 0.1) is 0 Å². The van der Waals surface area contributed by atoms with Crippen molar-refractivity contribution in [3.8, 4) is 5.75 Å². The van der Waals surface area contributed by atoms with Gasteiger partial charge in [-0.15, -0.1) is 10.2 Å². The Hall–Kier alpha value is -2.89. The van der Waals surface area contributed by atoms with Crippen molar-refractivity contribution < 1.29 is 9.53 Å². The molecular formula is C18H20N4O2.